The standard InChI is InChI=1S/C19H14FN3O5/c20-13-5-1-11(2-6-13)9-15-17(25)23(19(28)22-15)10-16(24)21-14-7-3-12(4-8-14)18(26)27/h1-9H,10H2,(H,21,24)(H,22,28)(H,26,27)/b15-9-. The minimum absolute atomic E-state index is 0.0322. The summed E-state index contributed by atoms with van der Waals surface area (Å²) in [5.41, 5.74) is 0.858. The van der Waals surface area contributed by atoms with Crippen molar-refractivity contribution in [3.8, 4) is 0 Å². The number of amides is 4. The average Bonchev–Trinajstić information content (AvgIpc) is 2.91. The summed E-state index contributed by atoms with van der Waals surface area (Å²) >= 11 is 0. The molecule has 4 amide bonds. The van der Waals surface area contributed by atoms with Crippen molar-refractivity contribution >= 4 is 35.6 Å². The summed E-state index contributed by atoms with van der Waals surface area (Å²) < 4.78 is 12.9. The second-order valence-corrected chi connectivity index (χ2v) is 5.86. The first-order valence-electron chi connectivity index (χ1n) is 8.07. The van der Waals surface area contributed by atoms with Crippen LogP contribution in [0.1, 0.15) is 15.9 Å². The van der Waals surface area contributed by atoms with Crippen molar-refractivity contribution in [3.05, 3.63) is 71.2 Å². The number of aromatic carboxylic acids is 1. The van der Waals surface area contributed by atoms with Crippen LogP contribution in [-0.4, -0.2) is 40.4 Å². The topological polar surface area (TPSA) is 116 Å². The Morgan fingerprint density at radius 1 is 1.07 bits per heavy atom. The highest BCUT2D eigenvalue weighted by Gasteiger charge is 2.34. The summed E-state index contributed by atoms with van der Waals surface area (Å²) in [5, 5.41) is 13.7. The van der Waals surface area contributed by atoms with Crippen molar-refractivity contribution in [1.82, 2.24) is 10.2 Å². The van der Waals surface area contributed by atoms with Gasteiger partial charge in [-0.15, -0.1) is 0 Å². The Kier molecular flexibility index (Phi) is 5.16. The minimum atomic E-state index is -1.10. The lowest BCUT2D eigenvalue weighted by atomic mass is 10.2. The Hall–Kier alpha value is -4.01. The summed E-state index contributed by atoms with van der Waals surface area (Å²) in [5.74, 6) is -2.85. The Balaban J connectivity index is 1.65. The summed E-state index contributed by atoms with van der Waals surface area (Å²) in [6.45, 7) is -0.522. The first-order valence-corrected chi connectivity index (χ1v) is 8.07. The molecule has 3 rings (SSSR count). The lowest BCUT2D eigenvalue weighted by molar-refractivity contribution is -0.127. The molecular weight excluding hydrogens is 369 g/mol. The zero-order chi connectivity index (χ0) is 20.3. The van der Waals surface area contributed by atoms with Gasteiger partial charge in [-0.3, -0.25) is 9.59 Å². The molecule has 2 aromatic carbocycles. The summed E-state index contributed by atoms with van der Waals surface area (Å²) in [7, 11) is 0. The Labute approximate surface area is 158 Å². The van der Waals surface area contributed by atoms with Crippen LogP contribution in [0.5, 0.6) is 0 Å². The van der Waals surface area contributed by atoms with Crippen LogP contribution in [0.2, 0.25) is 0 Å². The van der Waals surface area contributed by atoms with E-state index in [0.717, 1.165) is 4.90 Å². The van der Waals surface area contributed by atoms with Gasteiger partial charge in [0.1, 0.15) is 18.1 Å². The number of hydrogen-bond donors (Lipinski definition) is 3. The van der Waals surface area contributed by atoms with Crippen molar-refractivity contribution in [2.24, 2.45) is 0 Å². The van der Waals surface area contributed by atoms with Crippen LogP contribution < -0.4 is 10.6 Å². The van der Waals surface area contributed by atoms with Gasteiger partial charge in [0.25, 0.3) is 5.91 Å². The van der Waals surface area contributed by atoms with E-state index < -0.39 is 36.2 Å². The molecule has 0 atom stereocenters. The van der Waals surface area contributed by atoms with Gasteiger partial charge in [0.15, 0.2) is 0 Å². The van der Waals surface area contributed by atoms with Crippen molar-refractivity contribution in [2.45, 2.75) is 0 Å². The molecule has 9 heteroatoms. The van der Waals surface area contributed by atoms with Crippen LogP contribution >= 0.6 is 0 Å². The maximum absolute atomic E-state index is 12.9. The first kappa shape index (κ1) is 18.8. The van der Waals surface area contributed by atoms with Crippen LogP contribution in [0.25, 0.3) is 6.08 Å². The zero-order valence-corrected chi connectivity index (χ0v) is 14.3. The van der Waals surface area contributed by atoms with Crippen LogP contribution in [-0.2, 0) is 9.59 Å². The van der Waals surface area contributed by atoms with Crippen molar-refractivity contribution in [3.63, 3.8) is 0 Å². The number of hydrogen-bond acceptors (Lipinski definition) is 4. The third-order valence-electron chi connectivity index (χ3n) is 3.86. The van der Waals surface area contributed by atoms with Gasteiger partial charge in [-0.2, -0.15) is 0 Å². The molecule has 1 saturated heterocycles. The highest BCUT2D eigenvalue weighted by Crippen LogP contribution is 2.15. The number of imide groups is 1. The SMILES string of the molecule is O=C(CN1C(=O)N/C(=C\c2ccc(F)cc2)C1=O)Nc1ccc(C(=O)O)cc1. The van der Waals surface area contributed by atoms with Gasteiger partial charge in [0.2, 0.25) is 5.91 Å². The van der Waals surface area contributed by atoms with E-state index in [1.165, 1.54) is 54.6 Å². The summed E-state index contributed by atoms with van der Waals surface area (Å²) in [4.78, 5) is 48.0. The average molecular weight is 383 g/mol. The number of carboxylic acid groups (broad SMARTS) is 1. The first-order chi connectivity index (χ1) is 13.3. The fraction of sp³-hybridized carbons (Fsp3) is 0.0526. The third kappa shape index (κ3) is 4.21. The van der Waals surface area contributed by atoms with Gasteiger partial charge in [-0.05, 0) is 48.0 Å². The van der Waals surface area contributed by atoms with Crippen LogP contribution in [0.4, 0.5) is 14.9 Å². The highest BCUT2D eigenvalue weighted by atomic mass is 19.1. The van der Waals surface area contributed by atoms with E-state index in [4.69, 9.17) is 5.11 Å². The van der Waals surface area contributed by atoms with Crippen molar-refractivity contribution in [2.75, 3.05) is 11.9 Å². The van der Waals surface area contributed by atoms with Crippen LogP contribution in [0.3, 0.4) is 0 Å². The molecular formula is C19H14FN3O5. The maximum Gasteiger partial charge on any atom is 0.335 e. The van der Waals surface area contributed by atoms with Gasteiger partial charge in [-0.1, -0.05) is 12.1 Å². The molecule has 0 spiro atoms. The molecule has 1 aliphatic rings. The molecule has 0 bridgehead atoms. The Morgan fingerprint density at radius 2 is 1.71 bits per heavy atom. The van der Waals surface area contributed by atoms with E-state index in [2.05, 4.69) is 10.6 Å². The van der Waals surface area contributed by atoms with Crippen molar-refractivity contribution < 1.29 is 28.7 Å². The van der Waals surface area contributed by atoms with Crippen LogP contribution in [0, 0.1) is 5.82 Å². The van der Waals surface area contributed by atoms with E-state index in [1.54, 1.807) is 0 Å². The monoisotopic (exact) mass is 383 g/mol. The molecule has 1 heterocycles. The molecule has 1 aliphatic heterocycles. The molecule has 2 aromatic rings. The number of urea groups is 1. The van der Waals surface area contributed by atoms with Gasteiger partial charge < -0.3 is 15.7 Å². The number of nitrogens with one attached hydrogen (secondary N) is 2. The number of benzene rings is 2. The fourth-order valence-corrected chi connectivity index (χ4v) is 2.48. The minimum Gasteiger partial charge on any atom is -0.478 e. The summed E-state index contributed by atoms with van der Waals surface area (Å²) in [6.07, 6.45) is 1.38. The predicted octanol–water partition coefficient (Wildman–Crippen LogP) is 2.06. The lowest BCUT2D eigenvalue weighted by Crippen LogP contribution is -2.38. The van der Waals surface area contributed by atoms with Gasteiger partial charge >= 0.3 is 12.0 Å². The lowest BCUT2D eigenvalue weighted by Gasteiger charge is -2.12. The normalized spacial score (nSPS) is 14.9. The number of rotatable bonds is 5. The number of carboxylic acids is 1. The highest BCUT2D eigenvalue weighted by molar-refractivity contribution is 6.15. The second kappa shape index (κ2) is 7.70. The molecule has 0 aliphatic carbocycles. The molecule has 8 nitrogen and oxygen atoms in total. The quantitative estimate of drug-likeness (QED) is 0.540. The molecule has 1 fully saturated rings. The Morgan fingerprint density at radius 3 is 2.32 bits per heavy atom. The largest absolute Gasteiger partial charge is 0.478 e. The summed E-state index contributed by atoms with van der Waals surface area (Å²) in [6, 6.07) is 9.98. The zero-order valence-electron chi connectivity index (χ0n) is 14.3. The molecule has 0 aromatic heterocycles. The van der Waals surface area contributed by atoms with E-state index in [0.29, 0.717) is 11.3 Å². The molecule has 142 valence electrons. The fourth-order valence-electron chi connectivity index (χ4n) is 2.48. The number of halogens is 1. The third-order valence-corrected chi connectivity index (χ3v) is 3.86. The van der Waals surface area contributed by atoms with Crippen molar-refractivity contribution in [1.29, 1.82) is 0 Å². The second-order valence-electron chi connectivity index (χ2n) is 5.86. The predicted molar refractivity (Wildman–Crippen MR) is 96.7 cm³/mol. The van der Waals surface area contributed by atoms with Gasteiger partial charge in [0, 0.05) is 5.69 Å². The number of carbonyl (C=O) groups is 4. The molecule has 3 N–H and O–H groups in total. The Bertz CT molecular complexity index is 984. The molecule has 0 saturated carbocycles. The maximum atomic E-state index is 12.9. The number of nitrogens with zero attached hydrogens (tertiary/aromatic N) is 1. The van der Waals surface area contributed by atoms with Gasteiger partial charge in [-0.25, -0.2) is 18.9 Å². The van der Waals surface area contributed by atoms with Crippen LogP contribution in [0.15, 0.2) is 54.2 Å². The smallest absolute Gasteiger partial charge is 0.335 e. The van der Waals surface area contributed by atoms with E-state index in [9.17, 15) is 23.6 Å². The molecule has 28 heavy (non-hydrogen) atoms. The van der Waals surface area contributed by atoms with E-state index >= 15 is 0 Å². The number of carbonyl (C=O) groups excluding carboxylic acids is 3. The molecule has 0 unspecified atom stereocenters. The number of anilines is 1. The van der Waals surface area contributed by atoms with E-state index in [1.807, 2.05) is 0 Å². The van der Waals surface area contributed by atoms with Gasteiger partial charge in [0.05, 0.1) is 5.56 Å². The van der Waals surface area contributed by atoms with E-state index in [-0.39, 0.29) is 11.3 Å². The molecule has 0 radical (unpaired) electrons.